The van der Waals surface area contributed by atoms with Crippen molar-refractivity contribution in [2.24, 2.45) is 0 Å². The third kappa shape index (κ3) is 2.40. The highest BCUT2D eigenvalue weighted by Crippen LogP contribution is 2.10. The van der Waals surface area contributed by atoms with Crippen LogP contribution in [-0.2, 0) is 16.4 Å². The van der Waals surface area contributed by atoms with E-state index in [1.54, 1.807) is 29.1 Å². The number of hydrogen-bond acceptors (Lipinski definition) is 5. The summed E-state index contributed by atoms with van der Waals surface area (Å²) in [6.45, 7) is 0.676. The molecule has 2 heterocycles. The molecule has 2 rings (SSSR count). The van der Waals surface area contributed by atoms with Crippen LogP contribution in [0.3, 0.4) is 0 Å². The van der Waals surface area contributed by atoms with Gasteiger partial charge in [-0.15, -0.1) is 11.3 Å². The van der Waals surface area contributed by atoms with E-state index in [4.69, 9.17) is 0 Å². The van der Waals surface area contributed by atoms with E-state index in [9.17, 15) is 8.42 Å². The zero-order valence-corrected chi connectivity index (χ0v) is 9.01. The minimum Gasteiger partial charge on any atom is -0.305 e. The van der Waals surface area contributed by atoms with Crippen LogP contribution in [0.4, 0.5) is 0 Å². The molecule has 1 atom stereocenters. The lowest BCUT2D eigenvalue weighted by Crippen LogP contribution is -2.29. The fourth-order valence-corrected chi connectivity index (χ4v) is 3.08. The number of sulfone groups is 1. The fraction of sp³-hybridized carbons (Fsp3) is 0.375. The van der Waals surface area contributed by atoms with Gasteiger partial charge in [0, 0.05) is 29.1 Å². The Morgan fingerprint density at radius 3 is 3.07 bits per heavy atom. The molecular formula is C8H10N2O2S2. The number of hydrogen-bond donors (Lipinski definition) is 1. The molecule has 76 valence electrons. The van der Waals surface area contributed by atoms with Crippen LogP contribution in [0.15, 0.2) is 23.2 Å². The zero-order chi connectivity index (χ0) is 10.0. The SMILES string of the molecule is O=S1(=O)C=CC(NCc2cncs2)C1. The molecule has 0 aliphatic carbocycles. The van der Waals surface area contributed by atoms with Crippen molar-refractivity contribution in [1.29, 1.82) is 0 Å². The van der Waals surface area contributed by atoms with Crippen molar-refractivity contribution >= 4 is 21.2 Å². The number of rotatable bonds is 3. The van der Waals surface area contributed by atoms with E-state index in [0.717, 1.165) is 4.88 Å². The number of thiazole rings is 1. The van der Waals surface area contributed by atoms with Gasteiger partial charge in [0.15, 0.2) is 9.84 Å². The molecular weight excluding hydrogens is 220 g/mol. The molecule has 6 heteroatoms. The normalized spacial score (nSPS) is 24.1. The second kappa shape index (κ2) is 3.80. The highest BCUT2D eigenvalue weighted by molar-refractivity contribution is 7.94. The quantitative estimate of drug-likeness (QED) is 0.823. The van der Waals surface area contributed by atoms with Crippen molar-refractivity contribution < 1.29 is 8.42 Å². The van der Waals surface area contributed by atoms with Crippen LogP contribution in [0, 0.1) is 0 Å². The van der Waals surface area contributed by atoms with Crippen LogP contribution >= 0.6 is 11.3 Å². The Labute approximate surface area is 86.6 Å². The predicted octanol–water partition coefficient (Wildman–Crippen LogP) is 0.543. The summed E-state index contributed by atoms with van der Waals surface area (Å²) in [7, 11) is -2.94. The molecule has 0 aromatic carbocycles. The van der Waals surface area contributed by atoms with Crippen molar-refractivity contribution in [3.05, 3.63) is 28.1 Å². The number of nitrogens with zero attached hydrogens (tertiary/aromatic N) is 1. The smallest absolute Gasteiger partial charge is 0.173 e. The summed E-state index contributed by atoms with van der Waals surface area (Å²) < 4.78 is 22.1. The second-order valence-electron chi connectivity index (χ2n) is 3.11. The lowest BCUT2D eigenvalue weighted by atomic mass is 10.3. The molecule has 1 N–H and O–H groups in total. The number of nitrogens with one attached hydrogen (secondary N) is 1. The molecule has 1 unspecified atom stereocenters. The molecule has 14 heavy (non-hydrogen) atoms. The van der Waals surface area contributed by atoms with Crippen molar-refractivity contribution in [1.82, 2.24) is 10.3 Å². The maximum absolute atomic E-state index is 11.1. The van der Waals surface area contributed by atoms with Crippen LogP contribution in [0.5, 0.6) is 0 Å². The van der Waals surface area contributed by atoms with Gasteiger partial charge in [0.1, 0.15) is 0 Å². The molecule has 0 saturated carbocycles. The van der Waals surface area contributed by atoms with E-state index in [-0.39, 0.29) is 11.8 Å². The second-order valence-corrected chi connectivity index (χ2v) is 6.02. The molecule has 0 amide bonds. The maximum atomic E-state index is 11.1. The van der Waals surface area contributed by atoms with E-state index < -0.39 is 9.84 Å². The van der Waals surface area contributed by atoms with Gasteiger partial charge in [-0.1, -0.05) is 6.08 Å². The summed E-state index contributed by atoms with van der Waals surface area (Å²) in [6.07, 6.45) is 3.47. The topological polar surface area (TPSA) is 59.1 Å². The van der Waals surface area contributed by atoms with E-state index in [2.05, 4.69) is 10.3 Å². The minimum atomic E-state index is -2.94. The van der Waals surface area contributed by atoms with Gasteiger partial charge < -0.3 is 5.32 Å². The minimum absolute atomic E-state index is 0.0536. The monoisotopic (exact) mass is 230 g/mol. The molecule has 0 spiro atoms. The fourth-order valence-electron chi connectivity index (χ4n) is 1.26. The first-order valence-electron chi connectivity index (χ1n) is 4.17. The van der Waals surface area contributed by atoms with E-state index in [1.807, 2.05) is 0 Å². The Hall–Kier alpha value is -0.720. The first-order valence-corrected chi connectivity index (χ1v) is 6.77. The lowest BCUT2D eigenvalue weighted by Gasteiger charge is -2.07. The summed E-state index contributed by atoms with van der Waals surface area (Å²) >= 11 is 1.56. The number of aromatic nitrogens is 1. The van der Waals surface area contributed by atoms with Crippen molar-refractivity contribution in [2.75, 3.05) is 5.75 Å². The molecule has 1 aromatic rings. The zero-order valence-electron chi connectivity index (χ0n) is 7.38. The largest absolute Gasteiger partial charge is 0.305 e. The van der Waals surface area contributed by atoms with Gasteiger partial charge in [0.05, 0.1) is 11.3 Å². The van der Waals surface area contributed by atoms with Crippen LogP contribution < -0.4 is 5.32 Å². The van der Waals surface area contributed by atoms with Gasteiger partial charge in [-0.2, -0.15) is 0 Å². The summed E-state index contributed by atoms with van der Waals surface area (Å²) in [6, 6.07) is -0.0536. The highest BCUT2D eigenvalue weighted by atomic mass is 32.2. The molecule has 1 aliphatic heterocycles. The Morgan fingerprint density at radius 2 is 2.50 bits per heavy atom. The molecule has 0 fully saturated rings. The Bertz CT molecular complexity index is 422. The van der Waals surface area contributed by atoms with Gasteiger partial charge in [-0.25, -0.2) is 8.42 Å². The average molecular weight is 230 g/mol. The lowest BCUT2D eigenvalue weighted by molar-refractivity contribution is 0.591. The van der Waals surface area contributed by atoms with Gasteiger partial charge in [0.25, 0.3) is 0 Å². The summed E-state index contributed by atoms with van der Waals surface area (Å²) in [5.41, 5.74) is 1.76. The first kappa shape index (κ1) is 9.82. The molecule has 0 saturated heterocycles. The Balaban J connectivity index is 1.87. The van der Waals surface area contributed by atoms with Crippen molar-refractivity contribution in [2.45, 2.75) is 12.6 Å². The van der Waals surface area contributed by atoms with Crippen molar-refractivity contribution in [3.8, 4) is 0 Å². The van der Waals surface area contributed by atoms with Gasteiger partial charge in [0.2, 0.25) is 0 Å². The molecule has 4 nitrogen and oxygen atoms in total. The molecule has 0 radical (unpaired) electrons. The highest BCUT2D eigenvalue weighted by Gasteiger charge is 2.20. The first-order chi connectivity index (χ1) is 6.66. The van der Waals surface area contributed by atoms with Crippen LogP contribution in [-0.4, -0.2) is 25.2 Å². The third-order valence-corrected chi connectivity index (χ3v) is 4.13. The standard InChI is InChI=1S/C8H10N2O2S2/c11-14(12)2-1-7(5-14)10-4-8-3-9-6-13-8/h1-3,6-7,10H,4-5H2. The summed E-state index contributed by atoms with van der Waals surface area (Å²) in [5, 5.41) is 4.42. The Kier molecular flexibility index (Phi) is 2.66. The summed E-state index contributed by atoms with van der Waals surface area (Å²) in [5.74, 6) is 0.172. The van der Waals surface area contributed by atoms with Crippen molar-refractivity contribution in [3.63, 3.8) is 0 Å². The molecule has 0 bridgehead atoms. The van der Waals surface area contributed by atoms with E-state index in [0.29, 0.717) is 6.54 Å². The predicted molar refractivity (Wildman–Crippen MR) is 55.7 cm³/mol. The van der Waals surface area contributed by atoms with Gasteiger partial charge in [-0.3, -0.25) is 4.98 Å². The third-order valence-electron chi connectivity index (χ3n) is 1.95. The van der Waals surface area contributed by atoms with Crippen LogP contribution in [0.2, 0.25) is 0 Å². The van der Waals surface area contributed by atoms with E-state index >= 15 is 0 Å². The van der Waals surface area contributed by atoms with E-state index in [1.165, 1.54) is 5.41 Å². The van der Waals surface area contributed by atoms with Crippen LogP contribution in [0.1, 0.15) is 4.88 Å². The van der Waals surface area contributed by atoms with Gasteiger partial charge in [-0.05, 0) is 0 Å². The molecule has 1 aliphatic rings. The van der Waals surface area contributed by atoms with Crippen LogP contribution in [0.25, 0.3) is 0 Å². The molecule has 1 aromatic heterocycles. The summed E-state index contributed by atoms with van der Waals surface area (Å²) in [4.78, 5) is 5.05. The average Bonchev–Trinajstić information content (AvgIpc) is 2.70. The van der Waals surface area contributed by atoms with Gasteiger partial charge >= 0.3 is 0 Å². The maximum Gasteiger partial charge on any atom is 0.173 e. The Morgan fingerprint density at radius 1 is 1.64 bits per heavy atom.